The molecule has 1 atom stereocenters. The lowest BCUT2D eigenvalue weighted by atomic mass is 10.1. The molecule has 1 fully saturated rings. The molecule has 3 aromatic rings. The van der Waals surface area contributed by atoms with E-state index in [0.717, 1.165) is 19.4 Å². The van der Waals surface area contributed by atoms with Crippen molar-refractivity contribution in [2.75, 3.05) is 33.3 Å². The van der Waals surface area contributed by atoms with Crippen molar-refractivity contribution in [2.45, 2.75) is 51.1 Å². The second-order valence-corrected chi connectivity index (χ2v) is 9.61. The van der Waals surface area contributed by atoms with Gasteiger partial charge in [0.15, 0.2) is 0 Å². The molecule has 3 heterocycles. The van der Waals surface area contributed by atoms with E-state index in [0.29, 0.717) is 47.9 Å². The molecule has 7 nitrogen and oxygen atoms in total. The molecule has 0 saturated carbocycles. The van der Waals surface area contributed by atoms with Crippen molar-refractivity contribution in [3.05, 3.63) is 53.6 Å². The molecular weight excluding hydrogens is 528 g/mol. The quantitative estimate of drug-likeness (QED) is 0.344. The maximum absolute atomic E-state index is 13.0. The molecule has 0 N–H and O–H groups in total. The van der Waals surface area contributed by atoms with Gasteiger partial charge < -0.3 is 19.1 Å². The topological polar surface area (TPSA) is 63.5 Å². The lowest BCUT2D eigenvalue weighted by Gasteiger charge is -2.25. The molecule has 0 spiro atoms. The van der Waals surface area contributed by atoms with E-state index in [1.54, 1.807) is 18.3 Å². The van der Waals surface area contributed by atoms with Gasteiger partial charge in [-0.2, -0.15) is 26.3 Å². The fourth-order valence-corrected chi connectivity index (χ4v) is 4.82. The van der Waals surface area contributed by atoms with Crippen LogP contribution in [-0.2, 0) is 13.0 Å². The van der Waals surface area contributed by atoms with Crippen LogP contribution in [0.25, 0.3) is 11.0 Å². The summed E-state index contributed by atoms with van der Waals surface area (Å²) in [5.74, 6) is -0.131. The third-order valence-corrected chi connectivity index (χ3v) is 6.61. The van der Waals surface area contributed by atoms with E-state index < -0.39 is 31.3 Å². The number of nitrogens with zero attached hydrogens (tertiary/aromatic N) is 5. The number of hydrogen-bond acceptors (Lipinski definition) is 5. The minimum Gasteiger partial charge on any atom is -0.492 e. The van der Waals surface area contributed by atoms with E-state index in [2.05, 4.69) is 14.9 Å². The number of amides is 1. The molecular formula is C26H29F6N5O2. The third kappa shape index (κ3) is 7.40. The van der Waals surface area contributed by atoms with Gasteiger partial charge in [-0.15, -0.1) is 0 Å². The molecule has 1 amide bonds. The highest BCUT2D eigenvalue weighted by Gasteiger charge is 2.40. The number of hydrogen-bond donors (Lipinski definition) is 0. The number of halogens is 6. The number of rotatable bonds is 9. The van der Waals surface area contributed by atoms with Gasteiger partial charge in [-0.1, -0.05) is 0 Å². The highest BCUT2D eigenvalue weighted by Crippen LogP contribution is 2.27. The Kier molecular flexibility index (Phi) is 8.38. The van der Waals surface area contributed by atoms with E-state index in [4.69, 9.17) is 4.74 Å². The third-order valence-electron chi connectivity index (χ3n) is 6.61. The molecule has 1 unspecified atom stereocenters. The summed E-state index contributed by atoms with van der Waals surface area (Å²) in [5, 5.41) is 0. The Hall–Kier alpha value is -3.35. The molecule has 1 aromatic carbocycles. The largest absolute Gasteiger partial charge is 0.492 e. The zero-order valence-electron chi connectivity index (χ0n) is 21.5. The van der Waals surface area contributed by atoms with Crippen molar-refractivity contribution in [1.82, 2.24) is 24.3 Å². The first-order chi connectivity index (χ1) is 18.3. The monoisotopic (exact) mass is 557 g/mol. The van der Waals surface area contributed by atoms with Gasteiger partial charge in [-0.3, -0.25) is 9.78 Å². The number of pyridine rings is 1. The number of carbonyl (C=O) groups excluding carboxylic acids is 1. The van der Waals surface area contributed by atoms with E-state index in [1.807, 2.05) is 18.5 Å². The van der Waals surface area contributed by atoms with Crippen molar-refractivity contribution < 1.29 is 35.9 Å². The van der Waals surface area contributed by atoms with Crippen LogP contribution in [0.3, 0.4) is 0 Å². The van der Waals surface area contributed by atoms with E-state index >= 15 is 0 Å². The van der Waals surface area contributed by atoms with Crippen LogP contribution >= 0.6 is 0 Å². The Morgan fingerprint density at radius 1 is 1.10 bits per heavy atom. The molecule has 1 saturated heterocycles. The number of likely N-dealkylation sites (N-methyl/N-ethyl adjacent to an activating group) is 1. The van der Waals surface area contributed by atoms with E-state index in [1.165, 1.54) is 18.2 Å². The Bertz CT molecular complexity index is 1270. The van der Waals surface area contributed by atoms with Crippen molar-refractivity contribution in [3.8, 4) is 5.75 Å². The average Bonchev–Trinajstić information content (AvgIpc) is 3.40. The van der Waals surface area contributed by atoms with Gasteiger partial charge in [0.25, 0.3) is 5.91 Å². The van der Waals surface area contributed by atoms with Gasteiger partial charge in [-0.25, -0.2) is 4.98 Å². The fourth-order valence-electron chi connectivity index (χ4n) is 4.82. The zero-order valence-corrected chi connectivity index (χ0v) is 21.5. The summed E-state index contributed by atoms with van der Waals surface area (Å²) >= 11 is 0. The first-order valence-electron chi connectivity index (χ1n) is 12.5. The first-order valence-corrected chi connectivity index (χ1v) is 12.5. The summed E-state index contributed by atoms with van der Waals surface area (Å²) in [7, 11) is 2.02. The lowest BCUT2D eigenvalue weighted by molar-refractivity contribution is -0.171. The van der Waals surface area contributed by atoms with Gasteiger partial charge >= 0.3 is 12.4 Å². The van der Waals surface area contributed by atoms with Crippen LogP contribution in [0.4, 0.5) is 26.3 Å². The van der Waals surface area contributed by atoms with Crippen molar-refractivity contribution >= 4 is 16.9 Å². The van der Waals surface area contributed by atoms with Crippen LogP contribution in [0, 0.1) is 0 Å². The Balaban J connectivity index is 1.69. The lowest BCUT2D eigenvalue weighted by Crippen LogP contribution is -2.44. The van der Waals surface area contributed by atoms with Crippen LogP contribution < -0.4 is 4.74 Å². The Morgan fingerprint density at radius 3 is 2.38 bits per heavy atom. The van der Waals surface area contributed by atoms with Gasteiger partial charge in [0, 0.05) is 30.3 Å². The number of carbonyl (C=O) groups is 1. The standard InChI is InChI=1S/C26H29F6N5O2/c1-3-39-20-8-7-18(33-13-20)12-23-34-21-11-17(24(38)36(15-25(27,28)29)16-26(30,31)32)6-9-22(21)37(23)14-19-5-4-10-35(19)2/h6-9,11,13,19H,3-5,10,12,14-16H2,1-2H3. The number of likely N-dealkylation sites (tertiary alicyclic amines) is 1. The Labute approximate surface area is 221 Å². The first kappa shape index (κ1) is 28.7. The number of benzene rings is 1. The summed E-state index contributed by atoms with van der Waals surface area (Å²) in [6.07, 6.45) is -6.04. The van der Waals surface area contributed by atoms with Crippen LogP contribution in [-0.4, -0.2) is 81.9 Å². The molecule has 0 bridgehead atoms. The number of aromatic nitrogens is 3. The molecule has 212 valence electrons. The van der Waals surface area contributed by atoms with Gasteiger partial charge in [-0.05, 0) is 63.7 Å². The molecule has 1 aliphatic heterocycles. The molecule has 4 rings (SSSR count). The van der Waals surface area contributed by atoms with Crippen LogP contribution in [0.2, 0.25) is 0 Å². The van der Waals surface area contributed by atoms with Crippen LogP contribution in [0.5, 0.6) is 5.75 Å². The normalized spacial score (nSPS) is 16.7. The number of ether oxygens (including phenoxy) is 1. The number of fused-ring (bicyclic) bond motifs is 1. The summed E-state index contributed by atoms with van der Waals surface area (Å²) in [6, 6.07) is 7.85. The molecule has 13 heteroatoms. The molecule has 2 aromatic heterocycles. The van der Waals surface area contributed by atoms with Crippen LogP contribution in [0.1, 0.15) is 41.6 Å². The fraction of sp³-hybridized carbons (Fsp3) is 0.500. The molecule has 39 heavy (non-hydrogen) atoms. The van der Waals surface area contributed by atoms with Gasteiger partial charge in [0.05, 0.1) is 23.8 Å². The van der Waals surface area contributed by atoms with Crippen LogP contribution in [0.15, 0.2) is 36.5 Å². The second-order valence-electron chi connectivity index (χ2n) is 9.61. The molecule has 1 aliphatic rings. The van der Waals surface area contributed by atoms with E-state index in [9.17, 15) is 31.1 Å². The van der Waals surface area contributed by atoms with Crippen molar-refractivity contribution in [3.63, 3.8) is 0 Å². The predicted octanol–water partition coefficient (Wildman–Crippen LogP) is 5.08. The van der Waals surface area contributed by atoms with Crippen molar-refractivity contribution in [1.29, 1.82) is 0 Å². The maximum atomic E-state index is 13.0. The minimum atomic E-state index is -4.99. The summed E-state index contributed by atoms with van der Waals surface area (Å²) in [4.78, 5) is 23.9. The molecule has 0 aliphatic carbocycles. The van der Waals surface area contributed by atoms with Gasteiger partial charge in [0.1, 0.15) is 24.7 Å². The summed E-state index contributed by atoms with van der Waals surface area (Å²) in [5.41, 5.74) is 1.34. The maximum Gasteiger partial charge on any atom is 0.406 e. The molecule has 0 radical (unpaired) electrons. The summed E-state index contributed by atoms with van der Waals surface area (Å²) in [6.45, 7) is -0.140. The SMILES string of the molecule is CCOc1ccc(Cc2nc3cc(C(=O)N(CC(F)(F)F)CC(F)(F)F)ccc3n2CC2CCCN2C)nc1. The van der Waals surface area contributed by atoms with E-state index in [-0.39, 0.29) is 16.5 Å². The summed E-state index contributed by atoms with van der Waals surface area (Å²) < 4.78 is 85.2. The number of imidazole rings is 1. The Morgan fingerprint density at radius 2 is 1.82 bits per heavy atom. The zero-order chi connectivity index (χ0) is 28.4. The van der Waals surface area contributed by atoms with Crippen molar-refractivity contribution in [2.24, 2.45) is 0 Å². The highest BCUT2D eigenvalue weighted by atomic mass is 19.4. The second kappa shape index (κ2) is 11.4. The average molecular weight is 558 g/mol. The number of alkyl halides is 6. The van der Waals surface area contributed by atoms with Gasteiger partial charge in [0.2, 0.25) is 0 Å². The minimum absolute atomic E-state index is 0.227. The highest BCUT2D eigenvalue weighted by molar-refractivity contribution is 5.97. The predicted molar refractivity (Wildman–Crippen MR) is 132 cm³/mol. The smallest absolute Gasteiger partial charge is 0.406 e.